The number of carbonyl (C=O) groups is 1. The molecule has 0 atom stereocenters. The minimum absolute atomic E-state index is 0. The lowest BCUT2D eigenvalue weighted by Crippen LogP contribution is -3.00. The van der Waals surface area contributed by atoms with Gasteiger partial charge in [-0.2, -0.15) is 0 Å². The van der Waals surface area contributed by atoms with Gasteiger partial charge in [0.1, 0.15) is 18.9 Å². The second-order valence-electron chi connectivity index (χ2n) is 5.03. The summed E-state index contributed by atoms with van der Waals surface area (Å²) < 4.78 is 28.7. The van der Waals surface area contributed by atoms with Gasteiger partial charge in [-0.05, 0) is 39.0 Å². The van der Waals surface area contributed by atoms with E-state index in [4.69, 9.17) is 9.84 Å². The molecule has 1 aromatic rings. The SMILES string of the molecule is CC[N+](CC)(CC)CCOc1ccc(I(=O)=O)c(C(=O)O)c1.[Cl-]. The third-order valence-electron chi connectivity index (χ3n) is 4.18. The van der Waals surface area contributed by atoms with Crippen molar-refractivity contribution in [2.45, 2.75) is 20.8 Å². The number of aromatic carboxylic acids is 1. The fourth-order valence-corrected chi connectivity index (χ4v) is 3.73. The third-order valence-corrected chi connectivity index (χ3v) is 6.07. The third kappa shape index (κ3) is 5.89. The van der Waals surface area contributed by atoms with Crippen LogP contribution in [0, 0.1) is 3.57 Å². The monoisotopic (exact) mass is 459 g/mol. The van der Waals surface area contributed by atoms with E-state index in [0.717, 1.165) is 30.7 Å². The fourth-order valence-electron chi connectivity index (χ4n) is 2.39. The Hall–Kier alpha value is -0.930. The Bertz CT molecular complexity index is 583. The Morgan fingerprint density at radius 2 is 1.74 bits per heavy atom. The zero-order valence-electron chi connectivity index (χ0n) is 13.6. The molecule has 0 saturated carbocycles. The van der Waals surface area contributed by atoms with Crippen molar-refractivity contribution in [3.8, 4) is 5.75 Å². The number of hydrogen-bond acceptors (Lipinski definition) is 4. The van der Waals surface area contributed by atoms with E-state index in [1.807, 2.05) is 0 Å². The number of halogens is 2. The number of carboxylic acid groups (broad SMARTS) is 1. The molecule has 0 bridgehead atoms. The number of rotatable bonds is 9. The topological polar surface area (TPSA) is 80.7 Å². The smallest absolute Gasteiger partial charge is 0.341 e. The minimum atomic E-state index is -3.83. The van der Waals surface area contributed by atoms with Gasteiger partial charge in [-0.1, -0.05) is 0 Å². The summed E-state index contributed by atoms with van der Waals surface area (Å²) in [5.74, 6) is -0.865. The molecule has 0 unspecified atom stereocenters. The molecule has 0 aliphatic carbocycles. The second-order valence-corrected chi connectivity index (χ2v) is 7.43. The Morgan fingerprint density at radius 3 is 2.17 bits per heavy atom. The number of benzene rings is 1. The Balaban J connectivity index is 0.00000484. The molecule has 0 amide bonds. The van der Waals surface area contributed by atoms with Crippen LogP contribution in [0.2, 0.25) is 0 Å². The molecule has 0 radical (unpaired) electrons. The minimum Gasteiger partial charge on any atom is -1.00 e. The van der Waals surface area contributed by atoms with Crippen LogP contribution in [-0.4, -0.2) is 48.3 Å². The number of carboxylic acids is 1. The summed E-state index contributed by atoms with van der Waals surface area (Å²) in [7, 11) is 0. The molecule has 0 aromatic heterocycles. The Labute approximate surface area is 150 Å². The molecule has 0 fully saturated rings. The molecule has 1 N–H and O–H groups in total. The van der Waals surface area contributed by atoms with Gasteiger partial charge >= 0.3 is 25.8 Å². The van der Waals surface area contributed by atoms with Gasteiger partial charge < -0.3 is 26.7 Å². The van der Waals surface area contributed by atoms with Crippen LogP contribution in [0.25, 0.3) is 0 Å². The van der Waals surface area contributed by atoms with Crippen LogP contribution in [0.15, 0.2) is 18.2 Å². The van der Waals surface area contributed by atoms with Gasteiger partial charge in [0.05, 0.1) is 28.8 Å². The van der Waals surface area contributed by atoms with E-state index in [1.165, 1.54) is 18.2 Å². The van der Waals surface area contributed by atoms with Crippen molar-refractivity contribution >= 4 is 25.8 Å². The normalized spacial score (nSPS) is 11.1. The summed E-state index contributed by atoms with van der Waals surface area (Å²) in [6.45, 7) is 10.7. The van der Waals surface area contributed by atoms with E-state index in [-0.39, 0.29) is 21.5 Å². The van der Waals surface area contributed by atoms with Crippen LogP contribution < -0.4 is 17.1 Å². The van der Waals surface area contributed by atoms with Gasteiger partial charge in [0, 0.05) is 0 Å². The highest BCUT2D eigenvalue weighted by molar-refractivity contribution is 14.2. The van der Waals surface area contributed by atoms with Crippen LogP contribution >= 0.6 is 19.8 Å². The lowest BCUT2D eigenvalue weighted by molar-refractivity contribution is -0.923. The molecule has 1 rings (SSSR count). The lowest BCUT2D eigenvalue weighted by atomic mass is 10.2. The Kier molecular flexibility index (Phi) is 9.64. The summed E-state index contributed by atoms with van der Waals surface area (Å²) in [5.41, 5.74) is -0.213. The first-order valence-corrected chi connectivity index (χ1v) is 10.1. The zero-order chi connectivity index (χ0) is 16.8. The quantitative estimate of drug-likeness (QED) is 0.416. The van der Waals surface area contributed by atoms with Crippen LogP contribution in [0.1, 0.15) is 31.1 Å². The number of ether oxygens (including phenoxy) is 1. The molecule has 1 aromatic carbocycles. The maximum absolute atomic E-state index is 11.1. The standard InChI is InChI=1S/C15H22INO5.ClH/c1-4-17(5-2,6-3)9-10-22-12-7-8-14(16(20)21)13(11-12)15(18)19;/h7-8,11H,4-6,9-10H2,1-3H3;1H. The first-order valence-electron chi connectivity index (χ1n) is 7.29. The summed E-state index contributed by atoms with van der Waals surface area (Å²) in [5, 5.41) is 9.10. The highest BCUT2D eigenvalue weighted by Crippen LogP contribution is 2.26. The molecule has 23 heavy (non-hydrogen) atoms. The summed E-state index contributed by atoms with van der Waals surface area (Å²) in [6.07, 6.45) is 0. The highest BCUT2D eigenvalue weighted by Gasteiger charge is 2.21. The van der Waals surface area contributed by atoms with E-state index in [0.29, 0.717) is 12.4 Å². The van der Waals surface area contributed by atoms with Gasteiger partial charge in [0.15, 0.2) is 0 Å². The van der Waals surface area contributed by atoms with Crippen molar-refractivity contribution in [1.82, 2.24) is 0 Å². The van der Waals surface area contributed by atoms with Gasteiger partial charge in [0.25, 0.3) is 0 Å². The maximum Gasteiger partial charge on any atom is 0.341 e. The van der Waals surface area contributed by atoms with Gasteiger partial charge in [-0.25, -0.2) is 10.9 Å². The van der Waals surface area contributed by atoms with E-state index >= 15 is 0 Å². The average Bonchev–Trinajstić information content (AvgIpc) is 2.51. The van der Waals surface area contributed by atoms with Crippen LogP contribution in [0.4, 0.5) is 0 Å². The van der Waals surface area contributed by atoms with E-state index in [2.05, 4.69) is 20.8 Å². The number of quaternary nitrogens is 1. The van der Waals surface area contributed by atoms with Crippen molar-refractivity contribution < 1.29 is 37.7 Å². The van der Waals surface area contributed by atoms with Crippen molar-refractivity contribution in [3.05, 3.63) is 27.3 Å². The van der Waals surface area contributed by atoms with E-state index in [1.54, 1.807) is 0 Å². The first kappa shape index (κ1) is 22.1. The Morgan fingerprint density at radius 1 is 1.17 bits per heavy atom. The van der Waals surface area contributed by atoms with Gasteiger partial charge in [-0.3, -0.25) is 0 Å². The van der Waals surface area contributed by atoms with Crippen molar-refractivity contribution in [2.75, 3.05) is 32.8 Å². The molecule has 0 aliphatic heterocycles. The first-order chi connectivity index (χ1) is 10.4. The molecule has 0 heterocycles. The molecule has 0 saturated heterocycles. The van der Waals surface area contributed by atoms with Gasteiger partial charge in [0.2, 0.25) is 0 Å². The molecule has 8 heteroatoms. The predicted molar refractivity (Wildman–Crippen MR) is 89.7 cm³/mol. The molecular weight excluding hydrogens is 437 g/mol. The summed E-state index contributed by atoms with van der Waals surface area (Å²) >= 11 is -3.83. The van der Waals surface area contributed by atoms with E-state index in [9.17, 15) is 10.9 Å². The molecule has 132 valence electrons. The number of likely N-dealkylation sites (N-methyl/N-ethyl adjacent to an activating group) is 1. The fraction of sp³-hybridized carbons (Fsp3) is 0.533. The van der Waals surface area contributed by atoms with Crippen molar-refractivity contribution in [2.24, 2.45) is 0 Å². The second kappa shape index (κ2) is 10.0. The van der Waals surface area contributed by atoms with Crippen molar-refractivity contribution in [3.63, 3.8) is 0 Å². The van der Waals surface area contributed by atoms with Gasteiger partial charge in [-0.15, -0.1) is 0 Å². The molecule has 6 nitrogen and oxygen atoms in total. The van der Waals surface area contributed by atoms with Crippen LogP contribution in [0.5, 0.6) is 5.75 Å². The summed E-state index contributed by atoms with van der Waals surface area (Å²) in [4.78, 5) is 11.1. The number of hydrogen-bond donors (Lipinski definition) is 1. The van der Waals surface area contributed by atoms with Crippen molar-refractivity contribution in [1.29, 1.82) is 0 Å². The predicted octanol–water partition coefficient (Wildman–Crippen LogP) is 0.0111. The molecule has 0 aliphatic rings. The molecular formula is C15H23ClINO5. The van der Waals surface area contributed by atoms with Crippen LogP contribution in [-0.2, 0) is 6.14 Å². The lowest BCUT2D eigenvalue weighted by Gasteiger charge is -2.35. The molecule has 0 spiro atoms. The largest absolute Gasteiger partial charge is 1.00 e. The number of nitrogens with zero attached hydrogens (tertiary/aromatic N) is 1. The highest BCUT2D eigenvalue weighted by atomic mass is 127. The zero-order valence-corrected chi connectivity index (χ0v) is 16.5. The van der Waals surface area contributed by atoms with Crippen LogP contribution in [0.3, 0.4) is 0 Å². The maximum atomic E-state index is 11.1. The van der Waals surface area contributed by atoms with E-state index < -0.39 is 25.8 Å². The summed E-state index contributed by atoms with van der Waals surface area (Å²) in [6, 6.07) is 4.11. The average molecular weight is 460 g/mol.